The maximum atomic E-state index is 5.70. The maximum absolute atomic E-state index is 5.70. The molecule has 0 saturated carbocycles. The minimum atomic E-state index is 0.332. The average Bonchev–Trinajstić information content (AvgIpc) is 2.63. The zero-order valence-corrected chi connectivity index (χ0v) is 11.3. The minimum absolute atomic E-state index is 0.332. The van der Waals surface area contributed by atoms with Gasteiger partial charge in [-0.05, 0) is 40.2 Å². The van der Waals surface area contributed by atoms with Gasteiger partial charge >= 0.3 is 0 Å². The minimum Gasteiger partial charge on any atom is -0.328 e. The van der Waals surface area contributed by atoms with Crippen molar-refractivity contribution in [1.82, 2.24) is 10.3 Å². The van der Waals surface area contributed by atoms with E-state index in [1.807, 2.05) is 6.20 Å². The highest BCUT2D eigenvalue weighted by Gasteiger charge is 2.07. The molecule has 0 amide bonds. The predicted molar refractivity (Wildman–Crippen MR) is 70.8 cm³/mol. The number of rotatable bonds is 7. The van der Waals surface area contributed by atoms with Crippen LogP contribution in [-0.2, 0) is 0 Å². The van der Waals surface area contributed by atoms with Crippen LogP contribution >= 0.6 is 11.3 Å². The Hall–Kier alpha value is -0.450. The van der Waals surface area contributed by atoms with Crippen LogP contribution in [0.2, 0.25) is 0 Å². The molecule has 0 aliphatic rings. The first kappa shape index (κ1) is 13.6. The van der Waals surface area contributed by atoms with E-state index in [2.05, 4.69) is 31.1 Å². The molecular weight excluding hydrogens is 218 g/mol. The maximum Gasteiger partial charge on any atom is 0.109 e. The number of nitrogens with zero attached hydrogens (tertiary/aromatic N) is 1. The fraction of sp³-hybridized carbons (Fsp3) is 0.750. The zero-order chi connectivity index (χ0) is 12.0. The molecule has 1 heterocycles. The molecule has 1 rings (SSSR count). The first-order valence-electron chi connectivity index (χ1n) is 6.01. The molecule has 0 aliphatic carbocycles. The molecule has 0 fully saturated rings. The Morgan fingerprint density at radius 3 is 2.75 bits per heavy atom. The summed E-state index contributed by atoms with van der Waals surface area (Å²) in [6.07, 6.45) is 5.45. The summed E-state index contributed by atoms with van der Waals surface area (Å²) in [5, 5.41) is 4.68. The molecule has 92 valence electrons. The van der Waals surface area contributed by atoms with Crippen molar-refractivity contribution in [1.29, 1.82) is 0 Å². The smallest absolute Gasteiger partial charge is 0.109 e. The van der Waals surface area contributed by atoms with Gasteiger partial charge in [0, 0.05) is 17.1 Å². The van der Waals surface area contributed by atoms with E-state index in [0.29, 0.717) is 12.1 Å². The van der Waals surface area contributed by atoms with Crippen molar-refractivity contribution >= 4 is 11.3 Å². The molecule has 3 nitrogen and oxygen atoms in total. The summed E-state index contributed by atoms with van der Waals surface area (Å²) in [5.41, 5.74) is 5.70. The van der Waals surface area contributed by atoms with Crippen LogP contribution in [0.1, 0.15) is 49.0 Å². The zero-order valence-electron chi connectivity index (χ0n) is 10.5. The Bertz CT molecular complexity index is 296. The number of hydrogen-bond acceptors (Lipinski definition) is 4. The van der Waals surface area contributed by atoms with Crippen molar-refractivity contribution in [2.75, 3.05) is 6.54 Å². The molecule has 0 aliphatic heterocycles. The van der Waals surface area contributed by atoms with Gasteiger partial charge in [-0.25, -0.2) is 4.98 Å². The Morgan fingerprint density at radius 1 is 1.44 bits per heavy atom. The Kier molecular flexibility index (Phi) is 5.95. The molecule has 0 bridgehead atoms. The molecule has 0 saturated heterocycles. The third-order valence-electron chi connectivity index (χ3n) is 2.55. The highest BCUT2D eigenvalue weighted by Crippen LogP contribution is 2.18. The van der Waals surface area contributed by atoms with Crippen LogP contribution in [0.4, 0.5) is 0 Å². The van der Waals surface area contributed by atoms with Gasteiger partial charge in [-0.1, -0.05) is 6.42 Å². The van der Waals surface area contributed by atoms with Crippen molar-refractivity contribution in [3.8, 4) is 0 Å². The van der Waals surface area contributed by atoms with Crippen LogP contribution < -0.4 is 11.1 Å². The lowest BCUT2D eigenvalue weighted by Gasteiger charge is -2.11. The van der Waals surface area contributed by atoms with E-state index < -0.39 is 0 Å². The summed E-state index contributed by atoms with van der Waals surface area (Å²) in [7, 11) is 0. The third kappa shape index (κ3) is 5.05. The van der Waals surface area contributed by atoms with Crippen LogP contribution in [0.3, 0.4) is 0 Å². The van der Waals surface area contributed by atoms with Crippen LogP contribution in [0.15, 0.2) is 6.20 Å². The van der Waals surface area contributed by atoms with E-state index in [1.165, 1.54) is 22.7 Å². The molecule has 0 spiro atoms. The van der Waals surface area contributed by atoms with Crippen LogP contribution in [0.25, 0.3) is 0 Å². The average molecular weight is 241 g/mol. The molecule has 2 atom stereocenters. The molecule has 4 heteroatoms. The van der Waals surface area contributed by atoms with Crippen molar-refractivity contribution in [3.05, 3.63) is 16.1 Å². The molecule has 16 heavy (non-hydrogen) atoms. The number of unbranched alkanes of at least 4 members (excludes halogenated alkanes) is 1. The van der Waals surface area contributed by atoms with Gasteiger partial charge in [-0.15, -0.1) is 11.3 Å². The highest BCUT2D eigenvalue weighted by molar-refractivity contribution is 7.11. The monoisotopic (exact) mass is 241 g/mol. The quantitative estimate of drug-likeness (QED) is 0.722. The topological polar surface area (TPSA) is 50.9 Å². The summed E-state index contributed by atoms with van der Waals surface area (Å²) in [4.78, 5) is 5.66. The number of nitrogens with one attached hydrogen (secondary N) is 1. The van der Waals surface area contributed by atoms with Gasteiger partial charge in [0.1, 0.15) is 5.01 Å². The van der Waals surface area contributed by atoms with E-state index in [9.17, 15) is 0 Å². The normalized spacial score (nSPS) is 15.0. The molecule has 0 radical (unpaired) electrons. The second-order valence-electron chi connectivity index (χ2n) is 4.46. The van der Waals surface area contributed by atoms with Crippen molar-refractivity contribution in [2.45, 2.75) is 52.1 Å². The lowest BCUT2D eigenvalue weighted by molar-refractivity contribution is 0.521. The van der Waals surface area contributed by atoms with Gasteiger partial charge < -0.3 is 11.1 Å². The van der Waals surface area contributed by atoms with Crippen LogP contribution in [-0.4, -0.2) is 17.6 Å². The number of aromatic nitrogens is 1. The number of nitrogens with two attached hydrogens (primary N) is 1. The number of hydrogen-bond donors (Lipinski definition) is 2. The first-order valence-corrected chi connectivity index (χ1v) is 6.82. The van der Waals surface area contributed by atoms with E-state index >= 15 is 0 Å². The fourth-order valence-electron chi connectivity index (χ4n) is 1.57. The van der Waals surface area contributed by atoms with Crippen molar-refractivity contribution in [2.24, 2.45) is 5.73 Å². The molecule has 0 aromatic carbocycles. The SMILES string of the molecule is Cc1cnc(C(C)NCCCCC(C)N)s1. The highest BCUT2D eigenvalue weighted by atomic mass is 32.1. The standard InChI is InChI=1S/C12H23N3S/c1-9(13)6-4-5-7-14-11(3)12-15-8-10(2)16-12/h8-9,11,14H,4-7,13H2,1-3H3. The van der Waals surface area contributed by atoms with E-state index in [0.717, 1.165) is 13.0 Å². The molecule has 1 aromatic rings. The molecular formula is C12H23N3S. The van der Waals surface area contributed by atoms with Gasteiger partial charge in [-0.3, -0.25) is 0 Å². The molecule has 3 N–H and O–H groups in total. The van der Waals surface area contributed by atoms with Crippen LogP contribution in [0, 0.1) is 6.92 Å². The largest absolute Gasteiger partial charge is 0.328 e. The lowest BCUT2D eigenvalue weighted by atomic mass is 10.1. The molecule has 1 aromatic heterocycles. The summed E-state index contributed by atoms with van der Waals surface area (Å²) in [6.45, 7) is 7.38. The summed E-state index contributed by atoms with van der Waals surface area (Å²) >= 11 is 1.77. The number of aryl methyl sites for hydroxylation is 1. The van der Waals surface area contributed by atoms with E-state index in [-0.39, 0.29) is 0 Å². The van der Waals surface area contributed by atoms with Crippen molar-refractivity contribution in [3.63, 3.8) is 0 Å². The first-order chi connectivity index (χ1) is 7.59. The summed E-state index contributed by atoms with van der Waals surface area (Å²) < 4.78 is 0. The Labute approximate surface area is 102 Å². The van der Waals surface area contributed by atoms with Gasteiger partial charge in [0.05, 0.1) is 6.04 Å². The predicted octanol–water partition coefficient (Wildman–Crippen LogP) is 2.62. The Morgan fingerprint density at radius 2 is 2.19 bits per heavy atom. The van der Waals surface area contributed by atoms with Gasteiger partial charge in [0.25, 0.3) is 0 Å². The summed E-state index contributed by atoms with van der Waals surface area (Å²) in [5.74, 6) is 0. The van der Waals surface area contributed by atoms with E-state index in [4.69, 9.17) is 5.73 Å². The third-order valence-corrected chi connectivity index (χ3v) is 3.64. The van der Waals surface area contributed by atoms with Gasteiger partial charge in [0.15, 0.2) is 0 Å². The van der Waals surface area contributed by atoms with Crippen LogP contribution in [0.5, 0.6) is 0 Å². The fourth-order valence-corrected chi connectivity index (χ4v) is 2.37. The second kappa shape index (κ2) is 6.99. The van der Waals surface area contributed by atoms with Gasteiger partial charge in [0.2, 0.25) is 0 Å². The number of thiazole rings is 1. The molecule has 2 unspecified atom stereocenters. The lowest BCUT2D eigenvalue weighted by Crippen LogP contribution is -2.20. The van der Waals surface area contributed by atoms with E-state index in [1.54, 1.807) is 11.3 Å². The second-order valence-corrected chi connectivity index (χ2v) is 5.72. The van der Waals surface area contributed by atoms with Gasteiger partial charge in [-0.2, -0.15) is 0 Å². The Balaban J connectivity index is 2.13. The summed E-state index contributed by atoms with van der Waals surface area (Å²) in [6, 6.07) is 0.702. The van der Waals surface area contributed by atoms with Crippen molar-refractivity contribution < 1.29 is 0 Å².